The first kappa shape index (κ1) is 37.3. The third kappa shape index (κ3) is 6.44. The predicted molar refractivity (Wildman–Crippen MR) is 272 cm³/mol. The standard InChI is InChI=1S/C62H42N2/c1-3-18-43(19-4-1)45-34-37-49(38-35-45)63(50-24-17-23-46(40-50)44-20-5-2-6-21-44)62-39-36-48(42-58(62)57-41-47-22-7-8-25-51(47)53-27-9-10-28-54(53)57)52-26-11-14-31-59(52)64-60-32-15-12-29-55(60)56-30-13-16-33-61(56)64/h1-42H. The lowest BCUT2D eigenvalue weighted by Gasteiger charge is -2.29. The molecule has 1 aromatic heterocycles. The van der Waals surface area contributed by atoms with Crippen molar-refractivity contribution < 1.29 is 0 Å². The van der Waals surface area contributed by atoms with E-state index in [1.807, 2.05) is 0 Å². The lowest BCUT2D eigenvalue weighted by Crippen LogP contribution is -2.11. The molecule has 0 atom stereocenters. The average molecular weight is 815 g/mol. The summed E-state index contributed by atoms with van der Waals surface area (Å²) in [6, 6.07) is 92.9. The highest BCUT2D eigenvalue weighted by atomic mass is 15.1. The van der Waals surface area contributed by atoms with Gasteiger partial charge in [-0.25, -0.2) is 0 Å². The molecule has 0 aliphatic carbocycles. The molecule has 0 radical (unpaired) electrons. The Morgan fingerprint density at radius 3 is 1.52 bits per heavy atom. The lowest BCUT2D eigenvalue weighted by atomic mass is 9.90. The third-order valence-electron chi connectivity index (χ3n) is 12.8. The van der Waals surface area contributed by atoms with E-state index in [9.17, 15) is 0 Å². The van der Waals surface area contributed by atoms with Gasteiger partial charge < -0.3 is 9.47 Å². The minimum atomic E-state index is 1.08. The van der Waals surface area contributed by atoms with Crippen LogP contribution in [0.15, 0.2) is 255 Å². The molecule has 0 saturated carbocycles. The second-order valence-electron chi connectivity index (χ2n) is 16.5. The second kappa shape index (κ2) is 15.8. The average Bonchev–Trinajstić information content (AvgIpc) is 3.71. The minimum absolute atomic E-state index is 1.08. The van der Waals surface area contributed by atoms with Gasteiger partial charge in [-0.15, -0.1) is 0 Å². The van der Waals surface area contributed by atoms with E-state index in [0.717, 1.165) is 39.4 Å². The Balaban J connectivity index is 1.14. The first-order valence-corrected chi connectivity index (χ1v) is 22.0. The molecule has 11 aromatic carbocycles. The summed E-state index contributed by atoms with van der Waals surface area (Å²) in [5, 5.41) is 7.41. The summed E-state index contributed by atoms with van der Waals surface area (Å²) < 4.78 is 2.44. The van der Waals surface area contributed by atoms with Crippen molar-refractivity contribution in [2.24, 2.45) is 0 Å². The van der Waals surface area contributed by atoms with Crippen LogP contribution in [0, 0.1) is 0 Å². The Kier molecular flexibility index (Phi) is 9.20. The Labute approximate surface area is 373 Å². The van der Waals surface area contributed by atoms with E-state index >= 15 is 0 Å². The maximum Gasteiger partial charge on any atom is 0.0541 e. The van der Waals surface area contributed by atoms with Crippen molar-refractivity contribution in [3.8, 4) is 50.2 Å². The zero-order valence-corrected chi connectivity index (χ0v) is 35.1. The number of anilines is 3. The van der Waals surface area contributed by atoms with E-state index in [0.29, 0.717) is 0 Å². The predicted octanol–water partition coefficient (Wildman–Crippen LogP) is 17.2. The molecule has 1 heterocycles. The molecule has 0 aliphatic rings. The first-order valence-electron chi connectivity index (χ1n) is 22.0. The van der Waals surface area contributed by atoms with Crippen LogP contribution in [0.4, 0.5) is 17.1 Å². The van der Waals surface area contributed by atoms with Gasteiger partial charge in [0.2, 0.25) is 0 Å². The monoisotopic (exact) mass is 814 g/mol. The summed E-state index contributed by atoms with van der Waals surface area (Å²) in [4.78, 5) is 2.45. The van der Waals surface area contributed by atoms with Gasteiger partial charge in [-0.2, -0.15) is 0 Å². The summed E-state index contributed by atoms with van der Waals surface area (Å²) in [6.45, 7) is 0. The second-order valence-corrected chi connectivity index (χ2v) is 16.5. The highest BCUT2D eigenvalue weighted by Gasteiger charge is 2.23. The molecule has 0 N–H and O–H groups in total. The molecule has 2 heteroatoms. The van der Waals surface area contributed by atoms with Crippen molar-refractivity contribution in [3.63, 3.8) is 0 Å². The lowest BCUT2D eigenvalue weighted by molar-refractivity contribution is 1.18. The molecule has 0 bridgehead atoms. The van der Waals surface area contributed by atoms with Crippen molar-refractivity contribution in [1.82, 2.24) is 4.57 Å². The van der Waals surface area contributed by atoms with Gasteiger partial charge in [0.15, 0.2) is 0 Å². The Bertz CT molecular complexity index is 3610. The van der Waals surface area contributed by atoms with Crippen LogP contribution in [0.1, 0.15) is 0 Å². The Morgan fingerprint density at radius 2 is 0.797 bits per heavy atom. The fraction of sp³-hybridized carbons (Fsp3) is 0. The summed E-state index contributed by atoms with van der Waals surface area (Å²) in [5.74, 6) is 0. The molecule has 300 valence electrons. The van der Waals surface area contributed by atoms with Crippen molar-refractivity contribution in [1.29, 1.82) is 0 Å². The SMILES string of the molecule is c1ccc(-c2ccc(N(c3cccc(-c4ccccc4)c3)c3ccc(-c4ccccc4-n4c5ccccc5c5ccccc54)cc3-c3cc4ccccc4c4ccccc34)cc2)cc1. The highest BCUT2D eigenvalue weighted by molar-refractivity contribution is 6.15. The molecule has 0 amide bonds. The molecule has 0 aliphatic heterocycles. The zero-order chi connectivity index (χ0) is 42.4. The van der Waals surface area contributed by atoms with Gasteiger partial charge in [-0.05, 0) is 116 Å². The largest absolute Gasteiger partial charge is 0.310 e. The minimum Gasteiger partial charge on any atom is -0.310 e. The van der Waals surface area contributed by atoms with E-state index in [-0.39, 0.29) is 0 Å². The van der Waals surface area contributed by atoms with Crippen LogP contribution in [-0.4, -0.2) is 4.57 Å². The van der Waals surface area contributed by atoms with Crippen LogP contribution in [0.5, 0.6) is 0 Å². The molecular weight excluding hydrogens is 773 g/mol. The number of aromatic nitrogens is 1. The van der Waals surface area contributed by atoms with E-state index in [1.165, 1.54) is 71.2 Å². The fourth-order valence-corrected chi connectivity index (χ4v) is 9.80. The molecular formula is C62H42N2. The number of rotatable bonds is 8. The molecule has 0 spiro atoms. The zero-order valence-electron chi connectivity index (χ0n) is 35.1. The molecule has 0 saturated heterocycles. The van der Waals surface area contributed by atoms with Gasteiger partial charge in [0.1, 0.15) is 0 Å². The van der Waals surface area contributed by atoms with Crippen LogP contribution in [0.3, 0.4) is 0 Å². The van der Waals surface area contributed by atoms with Crippen molar-refractivity contribution in [2.75, 3.05) is 4.90 Å². The number of benzene rings is 11. The van der Waals surface area contributed by atoms with Crippen molar-refractivity contribution in [2.45, 2.75) is 0 Å². The third-order valence-corrected chi connectivity index (χ3v) is 12.8. The quantitative estimate of drug-likeness (QED) is 0.139. The summed E-state index contributed by atoms with van der Waals surface area (Å²) in [6.07, 6.45) is 0. The van der Waals surface area contributed by atoms with Crippen LogP contribution < -0.4 is 4.90 Å². The smallest absolute Gasteiger partial charge is 0.0541 e. The number of hydrogen-bond acceptors (Lipinski definition) is 1. The van der Waals surface area contributed by atoms with E-state index < -0.39 is 0 Å². The van der Waals surface area contributed by atoms with Crippen molar-refractivity contribution in [3.05, 3.63) is 255 Å². The summed E-state index contributed by atoms with van der Waals surface area (Å²) >= 11 is 0. The van der Waals surface area contributed by atoms with Crippen LogP contribution in [0.25, 0.3) is 93.5 Å². The van der Waals surface area contributed by atoms with Gasteiger partial charge in [0, 0.05) is 33.3 Å². The molecule has 0 fully saturated rings. The maximum atomic E-state index is 2.45. The molecule has 12 rings (SSSR count). The van der Waals surface area contributed by atoms with Crippen LogP contribution >= 0.6 is 0 Å². The van der Waals surface area contributed by atoms with Gasteiger partial charge in [0.25, 0.3) is 0 Å². The van der Waals surface area contributed by atoms with E-state index in [1.54, 1.807) is 0 Å². The van der Waals surface area contributed by atoms with Gasteiger partial charge in [-0.1, -0.05) is 194 Å². The molecule has 64 heavy (non-hydrogen) atoms. The number of para-hydroxylation sites is 3. The molecule has 0 unspecified atom stereocenters. The number of hydrogen-bond donors (Lipinski definition) is 0. The van der Waals surface area contributed by atoms with Crippen LogP contribution in [-0.2, 0) is 0 Å². The summed E-state index contributed by atoms with van der Waals surface area (Å²) in [5.41, 5.74) is 16.1. The normalized spacial score (nSPS) is 11.4. The van der Waals surface area contributed by atoms with E-state index in [4.69, 9.17) is 0 Å². The van der Waals surface area contributed by atoms with Crippen molar-refractivity contribution >= 4 is 60.4 Å². The molecule has 2 nitrogen and oxygen atoms in total. The first-order chi connectivity index (χ1) is 31.8. The van der Waals surface area contributed by atoms with E-state index in [2.05, 4.69) is 264 Å². The summed E-state index contributed by atoms with van der Waals surface area (Å²) in [7, 11) is 0. The number of fused-ring (bicyclic) bond motifs is 6. The van der Waals surface area contributed by atoms with Gasteiger partial charge in [0.05, 0.1) is 22.4 Å². The Morgan fingerprint density at radius 1 is 0.266 bits per heavy atom. The van der Waals surface area contributed by atoms with Gasteiger partial charge >= 0.3 is 0 Å². The topological polar surface area (TPSA) is 8.17 Å². The van der Waals surface area contributed by atoms with Gasteiger partial charge in [-0.3, -0.25) is 0 Å². The van der Waals surface area contributed by atoms with Crippen LogP contribution in [0.2, 0.25) is 0 Å². The Hall–Kier alpha value is -8.46. The highest BCUT2D eigenvalue weighted by Crippen LogP contribution is 2.47. The fourth-order valence-electron chi connectivity index (χ4n) is 9.80. The maximum absolute atomic E-state index is 2.45. The number of nitrogens with zero attached hydrogens (tertiary/aromatic N) is 2. The molecule has 12 aromatic rings.